The van der Waals surface area contributed by atoms with E-state index in [1.165, 1.54) is 13.8 Å². The van der Waals surface area contributed by atoms with E-state index in [-0.39, 0.29) is 35.5 Å². The average molecular weight is 1450 g/mol. The Labute approximate surface area is 579 Å². The second-order valence-electron chi connectivity index (χ2n) is 31.6. The molecule has 6 aliphatic heterocycles. The second-order valence-corrected chi connectivity index (χ2v) is 31.6. The SMILES string of the molecule is C[C@H](CC[C@@H](O[C@@H]1OC(CO[C@@H]2OC(CO[C@@H]3OC(CO)[C@@H](O)[C@H](O)C3O)[C@@H](O)[C@H](O)C2O)C(O)[C@H](O)C1O[C@@H]1OC(CO)[C@@H](O)[C@H](O)C1O)C(C)(C)O)[C@H]1CC[C@@]2(C)C3CC=C4[C@@H](CC[C@H](O[C@@H]5OC(CO[C@@H]6OC(CO)[C@@H](O)[C@H](O)C6O)[C@@H](O)[C@H](O)C5O)C4(C)C)[C@]3(C)[C@H](O)C[C@]12C. The number of hydrogen-bond acceptors (Lipinski definition) is 34. The van der Waals surface area contributed by atoms with Gasteiger partial charge >= 0.3 is 0 Å². The van der Waals surface area contributed by atoms with Crippen LogP contribution in [0.3, 0.4) is 0 Å². The fourth-order valence-corrected chi connectivity index (χ4v) is 18.4. The summed E-state index contributed by atoms with van der Waals surface area (Å²) in [5.74, 6) is -0.169. The van der Waals surface area contributed by atoms with Crippen LogP contribution in [-0.4, -0.2) is 360 Å². The van der Waals surface area contributed by atoms with Crippen molar-refractivity contribution in [2.75, 3.05) is 39.6 Å². The van der Waals surface area contributed by atoms with Gasteiger partial charge in [0.1, 0.15) is 146 Å². The molecule has 10 aliphatic rings. The molecule has 0 aromatic rings. The zero-order chi connectivity index (χ0) is 73.5. The van der Waals surface area contributed by atoms with Crippen LogP contribution in [-0.2, 0) is 56.8 Å². The normalized spacial score (nSPS) is 52.1. The van der Waals surface area contributed by atoms with E-state index in [4.69, 9.17) is 56.8 Å². The Morgan fingerprint density at radius 3 is 1.30 bits per heavy atom. The molecule has 10 rings (SSSR count). The molecule has 0 spiro atoms. The summed E-state index contributed by atoms with van der Waals surface area (Å²) in [5, 5.41) is 239. The highest BCUT2D eigenvalue weighted by Gasteiger charge is 2.71. The molecule has 4 aliphatic carbocycles. The molecule has 0 bridgehead atoms. The first kappa shape index (κ1) is 80.9. The highest BCUT2D eigenvalue weighted by atomic mass is 16.8. The number of hydrogen-bond donors (Lipinski definition) is 22. The number of fused-ring (bicyclic) bond motifs is 5. The van der Waals surface area contributed by atoms with Crippen LogP contribution < -0.4 is 0 Å². The van der Waals surface area contributed by atoms with E-state index < -0.39 is 264 Å². The molecule has 0 aromatic carbocycles. The van der Waals surface area contributed by atoms with Gasteiger partial charge in [0.15, 0.2) is 37.7 Å². The molecule has 3 saturated carbocycles. The minimum atomic E-state index is -2.04. The third-order valence-electron chi connectivity index (χ3n) is 25.0. The lowest BCUT2D eigenvalue weighted by molar-refractivity contribution is -0.380. The average Bonchev–Trinajstić information content (AvgIpc) is 1.32. The molecule has 100 heavy (non-hydrogen) atoms. The maximum absolute atomic E-state index is 12.9. The zero-order valence-corrected chi connectivity index (χ0v) is 57.6. The van der Waals surface area contributed by atoms with Crippen LogP contribution in [0.25, 0.3) is 0 Å². The minimum Gasteiger partial charge on any atom is -0.394 e. The largest absolute Gasteiger partial charge is 0.394 e. The number of ether oxygens (including phenoxy) is 12. The molecule has 0 radical (unpaired) electrons. The van der Waals surface area contributed by atoms with Crippen molar-refractivity contribution in [3.05, 3.63) is 11.6 Å². The van der Waals surface area contributed by atoms with E-state index in [0.29, 0.717) is 32.1 Å². The van der Waals surface area contributed by atoms with Crippen molar-refractivity contribution in [2.24, 2.45) is 45.3 Å². The first-order chi connectivity index (χ1) is 46.8. The Kier molecular flexibility index (Phi) is 25.5. The molecule has 34 nitrogen and oxygen atoms in total. The Hall–Kier alpha value is -1.62. The van der Waals surface area contributed by atoms with Gasteiger partial charge in [-0.1, -0.05) is 53.2 Å². The molecule has 40 atom stereocenters. The van der Waals surface area contributed by atoms with Gasteiger partial charge in [-0.15, -0.1) is 0 Å². The van der Waals surface area contributed by atoms with Crippen LogP contribution in [0.1, 0.15) is 107 Å². The molecule has 580 valence electrons. The summed E-state index contributed by atoms with van der Waals surface area (Å²) in [4.78, 5) is 0. The summed E-state index contributed by atoms with van der Waals surface area (Å²) in [6, 6.07) is 0. The molecule has 22 N–H and O–H groups in total. The Morgan fingerprint density at radius 2 is 0.850 bits per heavy atom. The summed E-state index contributed by atoms with van der Waals surface area (Å²) in [7, 11) is 0. The van der Waals surface area contributed by atoms with Crippen LogP contribution in [0.5, 0.6) is 0 Å². The van der Waals surface area contributed by atoms with Gasteiger partial charge < -0.3 is 169 Å². The summed E-state index contributed by atoms with van der Waals surface area (Å²) in [6.07, 6.45) is -47.9. The van der Waals surface area contributed by atoms with Gasteiger partial charge in [-0.05, 0) is 99.7 Å². The Balaban J connectivity index is 0.815. The van der Waals surface area contributed by atoms with E-state index in [2.05, 4.69) is 33.8 Å². The summed E-state index contributed by atoms with van der Waals surface area (Å²) >= 11 is 0. The molecular formula is C66H112O34. The highest BCUT2D eigenvalue weighted by molar-refractivity contribution is 5.32. The lowest BCUT2D eigenvalue weighted by atomic mass is 9.38. The van der Waals surface area contributed by atoms with Gasteiger partial charge in [0.05, 0.1) is 63.6 Å². The van der Waals surface area contributed by atoms with Crippen LogP contribution in [0, 0.1) is 45.3 Å². The van der Waals surface area contributed by atoms with Crippen molar-refractivity contribution in [3.63, 3.8) is 0 Å². The standard InChI is InChI=1S/C66H112O34/c1-24(25-15-16-64(6)34-12-10-26-27(66(34,8)35(70)17-65(25,64)7)11-14-36(62(26,2)3)98-59-53(86)48(81)42(75)32(96-59)22-90-57-51(84)45(78)39(72)29(19-68)93-57)9-13-37(63(4,5)88)99-61-55(100-60-54(87)46(79)40(73)30(20-69)94-60)49(82)43(76)33(97-61)23-91-58-52(85)47(80)41(74)31(95-58)21-89-56-50(83)44(77)38(71)28(18-67)92-56/h10,24-25,27-61,67-88H,9,11-23H2,1-8H3/t24-,25-,27-,28?,29?,30?,31?,32?,33?,34?,35-,36+,37-,38-,39-,40-,41-,42-,43?,44+,45+,46+,47+,48+,49+,50?,51?,52?,53?,54?,55?,56-,57-,58-,59+,60+,61+,64+,65-,66+/m1/s1. The van der Waals surface area contributed by atoms with Crippen molar-refractivity contribution in [2.45, 2.75) is 315 Å². The lowest BCUT2D eigenvalue weighted by Crippen LogP contribution is -2.65. The molecule has 34 heteroatoms. The van der Waals surface area contributed by atoms with Gasteiger partial charge in [0.25, 0.3) is 0 Å². The second kappa shape index (κ2) is 31.5. The summed E-state index contributed by atoms with van der Waals surface area (Å²) < 4.78 is 70.9. The van der Waals surface area contributed by atoms with Gasteiger partial charge in [-0.2, -0.15) is 0 Å². The molecule has 0 amide bonds. The molecule has 6 saturated heterocycles. The van der Waals surface area contributed by atoms with Gasteiger partial charge in [-0.25, -0.2) is 0 Å². The quantitative estimate of drug-likeness (QED) is 0.0423. The monoisotopic (exact) mass is 1450 g/mol. The van der Waals surface area contributed by atoms with E-state index >= 15 is 0 Å². The van der Waals surface area contributed by atoms with Crippen LogP contribution >= 0.6 is 0 Å². The summed E-state index contributed by atoms with van der Waals surface area (Å²) in [5.41, 5.74) is -2.71. The van der Waals surface area contributed by atoms with E-state index in [1.54, 1.807) is 0 Å². The van der Waals surface area contributed by atoms with Crippen molar-refractivity contribution < 1.29 is 169 Å². The number of rotatable bonds is 23. The molecule has 9 fully saturated rings. The maximum atomic E-state index is 12.9. The van der Waals surface area contributed by atoms with Crippen molar-refractivity contribution in [3.8, 4) is 0 Å². The first-order valence-corrected chi connectivity index (χ1v) is 35.1. The molecular weight excluding hydrogens is 1340 g/mol. The van der Waals surface area contributed by atoms with Crippen LogP contribution in [0.2, 0.25) is 0 Å². The summed E-state index contributed by atoms with van der Waals surface area (Å²) in [6.45, 7) is 11.5. The van der Waals surface area contributed by atoms with Crippen LogP contribution in [0.15, 0.2) is 11.6 Å². The Morgan fingerprint density at radius 1 is 0.460 bits per heavy atom. The van der Waals surface area contributed by atoms with Crippen molar-refractivity contribution in [1.29, 1.82) is 0 Å². The predicted molar refractivity (Wildman–Crippen MR) is 333 cm³/mol. The fourth-order valence-electron chi connectivity index (χ4n) is 18.4. The van der Waals surface area contributed by atoms with Crippen molar-refractivity contribution in [1.82, 2.24) is 0 Å². The van der Waals surface area contributed by atoms with Gasteiger partial charge in [-0.3, -0.25) is 0 Å². The van der Waals surface area contributed by atoms with Crippen LogP contribution in [0.4, 0.5) is 0 Å². The topological polar surface area (TPSA) is 556 Å². The van der Waals surface area contributed by atoms with E-state index in [1.807, 2.05) is 13.8 Å². The third-order valence-corrected chi connectivity index (χ3v) is 25.0. The lowest BCUT2D eigenvalue weighted by Gasteiger charge is -2.67. The Bertz CT molecular complexity index is 2670. The number of aliphatic hydroxyl groups is 22. The highest BCUT2D eigenvalue weighted by Crippen LogP contribution is 2.75. The minimum absolute atomic E-state index is 0.00195. The predicted octanol–water partition coefficient (Wildman–Crippen LogP) is -7.58. The van der Waals surface area contributed by atoms with Crippen molar-refractivity contribution >= 4 is 0 Å². The maximum Gasteiger partial charge on any atom is 0.187 e. The van der Waals surface area contributed by atoms with E-state index in [0.717, 1.165) is 18.4 Å². The van der Waals surface area contributed by atoms with Gasteiger partial charge in [0, 0.05) is 10.8 Å². The molecule has 14 unspecified atom stereocenters. The zero-order valence-electron chi connectivity index (χ0n) is 57.6. The fraction of sp³-hybridized carbons (Fsp3) is 0.970. The number of aliphatic hydroxyl groups excluding tert-OH is 21. The van der Waals surface area contributed by atoms with E-state index in [9.17, 15) is 112 Å². The number of allylic oxidation sites excluding steroid dienone is 1. The first-order valence-electron chi connectivity index (χ1n) is 35.1. The molecule has 6 heterocycles. The smallest absolute Gasteiger partial charge is 0.187 e. The third kappa shape index (κ3) is 14.9. The van der Waals surface area contributed by atoms with Gasteiger partial charge in [0.2, 0.25) is 0 Å². The molecule has 0 aromatic heterocycles.